The molecule has 4 N–H and O–H groups in total. The second-order valence-electron chi connectivity index (χ2n) is 2.50. The number of nitrogens with zero attached hydrogens (tertiary/aromatic N) is 1. The predicted molar refractivity (Wildman–Crippen MR) is 53.8 cm³/mol. The van der Waals surface area contributed by atoms with E-state index in [-0.39, 0.29) is 0 Å². The molecule has 0 fully saturated rings. The smallest absolute Gasteiger partial charge is 0.151 e. The van der Waals surface area contributed by atoms with Gasteiger partial charge in [0.25, 0.3) is 0 Å². The minimum Gasteiger partial charge on any atom is -0.382 e. The third kappa shape index (κ3) is 1.76. The summed E-state index contributed by atoms with van der Waals surface area (Å²) < 4.78 is 0.903. The number of amidine groups is 1. The number of benzene rings is 1. The van der Waals surface area contributed by atoms with E-state index in [1.54, 1.807) is 0 Å². The van der Waals surface area contributed by atoms with Crippen molar-refractivity contribution in [2.45, 2.75) is 6.92 Å². The highest BCUT2D eigenvalue weighted by atomic mass is 79.9. The lowest BCUT2D eigenvalue weighted by molar-refractivity contribution is 1.22. The molecule has 0 bridgehead atoms. The zero-order chi connectivity index (χ0) is 9.14. The van der Waals surface area contributed by atoms with E-state index in [0.29, 0.717) is 5.84 Å². The summed E-state index contributed by atoms with van der Waals surface area (Å²) >= 11 is 3.36. The van der Waals surface area contributed by atoms with Crippen LogP contribution in [-0.4, -0.2) is 5.84 Å². The van der Waals surface area contributed by atoms with Crippen molar-refractivity contribution in [2.75, 3.05) is 0 Å². The van der Waals surface area contributed by atoms with Crippen molar-refractivity contribution >= 4 is 21.8 Å². The molecule has 0 aliphatic carbocycles. The van der Waals surface area contributed by atoms with E-state index in [1.807, 2.05) is 25.1 Å². The molecule has 0 radical (unpaired) electrons. The number of nitrogens with two attached hydrogens (primary N) is 2. The zero-order valence-corrected chi connectivity index (χ0v) is 8.30. The first kappa shape index (κ1) is 9.06. The van der Waals surface area contributed by atoms with Gasteiger partial charge in [-0.15, -0.1) is 0 Å². The molecule has 0 atom stereocenters. The number of hydrogen-bond acceptors (Lipinski definition) is 2. The highest BCUT2D eigenvalue weighted by Crippen LogP contribution is 2.17. The van der Waals surface area contributed by atoms with Crippen molar-refractivity contribution in [1.29, 1.82) is 0 Å². The number of aryl methyl sites for hydroxylation is 1. The molecule has 0 aromatic heterocycles. The zero-order valence-electron chi connectivity index (χ0n) is 6.71. The first-order valence-electron chi connectivity index (χ1n) is 3.45. The Labute approximate surface area is 79.6 Å². The van der Waals surface area contributed by atoms with Crippen molar-refractivity contribution < 1.29 is 0 Å². The van der Waals surface area contributed by atoms with Gasteiger partial charge in [-0.25, -0.2) is 0 Å². The summed E-state index contributed by atoms with van der Waals surface area (Å²) in [7, 11) is 0. The molecule has 1 rings (SSSR count). The molecule has 0 unspecified atom stereocenters. The second kappa shape index (κ2) is 3.58. The molecule has 0 spiro atoms. The summed E-state index contributed by atoms with van der Waals surface area (Å²) in [5.41, 5.74) is 7.51. The predicted octanol–water partition coefficient (Wildman–Crippen LogP) is 1.34. The van der Waals surface area contributed by atoms with Gasteiger partial charge in [0, 0.05) is 10.0 Å². The van der Waals surface area contributed by atoms with Crippen LogP contribution in [0.3, 0.4) is 0 Å². The fraction of sp³-hybridized carbons (Fsp3) is 0.125. The summed E-state index contributed by atoms with van der Waals surface area (Å²) in [6.07, 6.45) is 0. The summed E-state index contributed by atoms with van der Waals surface area (Å²) in [5, 5.41) is 3.43. The maximum absolute atomic E-state index is 5.56. The normalized spacial score (nSPS) is 11.7. The van der Waals surface area contributed by atoms with Crippen LogP contribution < -0.4 is 11.6 Å². The van der Waals surface area contributed by atoms with Gasteiger partial charge in [0.15, 0.2) is 5.84 Å². The minimum absolute atomic E-state index is 0.338. The summed E-state index contributed by atoms with van der Waals surface area (Å²) in [5.74, 6) is 5.40. The first-order chi connectivity index (χ1) is 5.65. The van der Waals surface area contributed by atoms with E-state index in [4.69, 9.17) is 11.6 Å². The van der Waals surface area contributed by atoms with Crippen LogP contribution in [0.2, 0.25) is 0 Å². The van der Waals surface area contributed by atoms with Crippen LogP contribution in [0.15, 0.2) is 27.8 Å². The molecule has 4 heteroatoms. The van der Waals surface area contributed by atoms with Crippen LogP contribution in [0.4, 0.5) is 0 Å². The fourth-order valence-electron chi connectivity index (χ4n) is 0.905. The SMILES string of the molecule is Cc1ccc(Br)c(/C(N)=N/N)c1. The highest BCUT2D eigenvalue weighted by molar-refractivity contribution is 9.10. The van der Waals surface area contributed by atoms with Gasteiger partial charge in [0.2, 0.25) is 0 Å². The lowest BCUT2D eigenvalue weighted by Crippen LogP contribution is -2.16. The van der Waals surface area contributed by atoms with Crippen molar-refractivity contribution in [3.63, 3.8) is 0 Å². The molecule has 1 aromatic rings. The van der Waals surface area contributed by atoms with Gasteiger partial charge >= 0.3 is 0 Å². The lowest BCUT2D eigenvalue weighted by atomic mass is 10.1. The van der Waals surface area contributed by atoms with E-state index in [2.05, 4.69) is 21.0 Å². The second-order valence-corrected chi connectivity index (χ2v) is 3.35. The maximum atomic E-state index is 5.56. The Balaban J connectivity index is 3.23. The van der Waals surface area contributed by atoms with Crippen LogP contribution in [-0.2, 0) is 0 Å². The van der Waals surface area contributed by atoms with E-state index in [1.165, 1.54) is 0 Å². The molecule has 0 saturated carbocycles. The highest BCUT2D eigenvalue weighted by Gasteiger charge is 2.03. The Hall–Kier alpha value is -1.03. The van der Waals surface area contributed by atoms with Gasteiger partial charge < -0.3 is 11.6 Å². The van der Waals surface area contributed by atoms with E-state index >= 15 is 0 Å². The van der Waals surface area contributed by atoms with Gasteiger partial charge in [-0.2, -0.15) is 5.10 Å². The average molecular weight is 228 g/mol. The molecule has 0 saturated heterocycles. The van der Waals surface area contributed by atoms with Gasteiger partial charge in [0.1, 0.15) is 0 Å². The van der Waals surface area contributed by atoms with Crippen molar-refractivity contribution in [3.8, 4) is 0 Å². The van der Waals surface area contributed by atoms with E-state index in [0.717, 1.165) is 15.6 Å². The van der Waals surface area contributed by atoms with Crippen LogP contribution >= 0.6 is 15.9 Å². The van der Waals surface area contributed by atoms with Crippen LogP contribution in [0.1, 0.15) is 11.1 Å². The van der Waals surface area contributed by atoms with Gasteiger partial charge in [-0.1, -0.05) is 27.6 Å². The molecule has 64 valence electrons. The Kier molecular flexibility index (Phi) is 2.70. The molecule has 1 aromatic carbocycles. The first-order valence-corrected chi connectivity index (χ1v) is 4.24. The Bertz CT molecular complexity index is 320. The molecule has 12 heavy (non-hydrogen) atoms. The third-order valence-corrected chi connectivity index (χ3v) is 2.23. The largest absolute Gasteiger partial charge is 0.382 e. The molecular weight excluding hydrogens is 218 g/mol. The maximum Gasteiger partial charge on any atom is 0.151 e. The Morgan fingerprint density at radius 2 is 2.17 bits per heavy atom. The van der Waals surface area contributed by atoms with Gasteiger partial charge in [0.05, 0.1) is 0 Å². The topological polar surface area (TPSA) is 64.4 Å². The average Bonchev–Trinajstić information content (AvgIpc) is 2.08. The summed E-state index contributed by atoms with van der Waals surface area (Å²) in [6, 6.07) is 5.83. The van der Waals surface area contributed by atoms with Gasteiger partial charge in [-0.05, 0) is 19.1 Å². The third-order valence-electron chi connectivity index (χ3n) is 1.54. The molecule has 0 heterocycles. The van der Waals surface area contributed by atoms with Crippen molar-refractivity contribution in [3.05, 3.63) is 33.8 Å². The molecule has 0 aliphatic heterocycles. The molecular formula is C8H10BrN3. The number of hydrazone groups is 1. The standard InChI is InChI=1S/C8H10BrN3/c1-5-2-3-7(9)6(4-5)8(10)12-11/h2-4H,11H2,1H3,(H2,10,12). The monoisotopic (exact) mass is 227 g/mol. The van der Waals surface area contributed by atoms with Crippen LogP contribution in [0, 0.1) is 6.92 Å². The molecule has 0 amide bonds. The molecule has 0 aliphatic rings. The van der Waals surface area contributed by atoms with Crippen molar-refractivity contribution in [1.82, 2.24) is 0 Å². The minimum atomic E-state index is 0.338. The quantitative estimate of drug-likeness (QED) is 0.329. The lowest BCUT2D eigenvalue weighted by Gasteiger charge is -2.03. The van der Waals surface area contributed by atoms with Gasteiger partial charge in [-0.3, -0.25) is 0 Å². The Morgan fingerprint density at radius 1 is 1.50 bits per heavy atom. The Morgan fingerprint density at radius 3 is 2.75 bits per heavy atom. The summed E-state index contributed by atoms with van der Waals surface area (Å²) in [4.78, 5) is 0. The van der Waals surface area contributed by atoms with E-state index < -0.39 is 0 Å². The molecule has 3 nitrogen and oxygen atoms in total. The van der Waals surface area contributed by atoms with Crippen molar-refractivity contribution in [2.24, 2.45) is 16.7 Å². The fourth-order valence-corrected chi connectivity index (χ4v) is 1.35. The van der Waals surface area contributed by atoms with E-state index in [9.17, 15) is 0 Å². The number of hydrogen-bond donors (Lipinski definition) is 2. The summed E-state index contributed by atoms with van der Waals surface area (Å²) in [6.45, 7) is 1.99. The number of halogens is 1. The van der Waals surface area contributed by atoms with Crippen LogP contribution in [0.25, 0.3) is 0 Å². The number of rotatable bonds is 1. The van der Waals surface area contributed by atoms with Crippen LogP contribution in [0.5, 0.6) is 0 Å².